The van der Waals surface area contributed by atoms with Crippen molar-refractivity contribution in [3.63, 3.8) is 0 Å². The fraction of sp³-hybridized carbons (Fsp3) is 0.400. The summed E-state index contributed by atoms with van der Waals surface area (Å²) in [5.41, 5.74) is 4.93. The van der Waals surface area contributed by atoms with E-state index in [9.17, 15) is 4.79 Å². The highest BCUT2D eigenvalue weighted by molar-refractivity contribution is 5.91. The maximum Gasteiger partial charge on any atom is 0.134 e. The third-order valence-corrected chi connectivity index (χ3v) is 3.52. The summed E-state index contributed by atoms with van der Waals surface area (Å²) in [7, 11) is 2.06. The molecular formula is C15H19NO. The number of hydrogen-bond donors (Lipinski definition) is 0. The fourth-order valence-electron chi connectivity index (χ4n) is 2.39. The predicted molar refractivity (Wildman–Crippen MR) is 71.4 cm³/mol. The molecule has 1 heterocycles. The molecule has 0 saturated heterocycles. The standard InChI is InChI=1S/C15H19NO/c1-5-12-6-7-15-14(9-12)13(8-10(2)17)11(3)16(15)4/h6-7,9H,5,8H2,1-4H3. The zero-order valence-electron chi connectivity index (χ0n) is 11.0. The van der Waals surface area contributed by atoms with Gasteiger partial charge in [0.25, 0.3) is 0 Å². The highest BCUT2D eigenvalue weighted by Gasteiger charge is 2.13. The number of rotatable bonds is 3. The van der Waals surface area contributed by atoms with Gasteiger partial charge >= 0.3 is 0 Å². The number of nitrogens with zero attached hydrogens (tertiary/aromatic N) is 1. The molecule has 0 bridgehead atoms. The number of carbonyl (C=O) groups is 1. The van der Waals surface area contributed by atoms with Gasteiger partial charge in [-0.25, -0.2) is 0 Å². The lowest BCUT2D eigenvalue weighted by molar-refractivity contribution is -0.116. The Hall–Kier alpha value is -1.57. The van der Waals surface area contributed by atoms with E-state index in [0.717, 1.165) is 6.42 Å². The maximum atomic E-state index is 11.4. The van der Waals surface area contributed by atoms with E-state index in [-0.39, 0.29) is 5.78 Å². The van der Waals surface area contributed by atoms with Gasteiger partial charge in [-0.3, -0.25) is 4.79 Å². The van der Waals surface area contributed by atoms with Crippen LogP contribution in [0.4, 0.5) is 0 Å². The van der Waals surface area contributed by atoms with E-state index < -0.39 is 0 Å². The first-order valence-electron chi connectivity index (χ1n) is 6.10. The van der Waals surface area contributed by atoms with Crippen molar-refractivity contribution in [1.29, 1.82) is 0 Å². The zero-order valence-corrected chi connectivity index (χ0v) is 11.0. The van der Waals surface area contributed by atoms with Gasteiger partial charge in [-0.1, -0.05) is 13.0 Å². The second kappa shape index (κ2) is 4.36. The molecule has 0 spiro atoms. The van der Waals surface area contributed by atoms with Gasteiger partial charge in [0.05, 0.1) is 0 Å². The molecule has 0 atom stereocenters. The van der Waals surface area contributed by atoms with E-state index in [1.165, 1.54) is 27.7 Å². The smallest absolute Gasteiger partial charge is 0.134 e. The molecule has 0 N–H and O–H groups in total. The van der Waals surface area contributed by atoms with Crippen LogP contribution in [0.3, 0.4) is 0 Å². The maximum absolute atomic E-state index is 11.4. The van der Waals surface area contributed by atoms with Gasteiger partial charge in [0.15, 0.2) is 0 Å². The second-order valence-corrected chi connectivity index (χ2v) is 4.71. The first-order chi connectivity index (χ1) is 8.04. The molecule has 0 aliphatic heterocycles. The van der Waals surface area contributed by atoms with E-state index in [4.69, 9.17) is 0 Å². The number of hydrogen-bond acceptors (Lipinski definition) is 1. The molecule has 0 saturated carbocycles. The second-order valence-electron chi connectivity index (χ2n) is 4.71. The lowest BCUT2D eigenvalue weighted by atomic mass is 10.0. The molecule has 2 rings (SSSR count). The van der Waals surface area contributed by atoms with Crippen molar-refractivity contribution in [2.45, 2.75) is 33.6 Å². The Morgan fingerprint density at radius 3 is 2.65 bits per heavy atom. The summed E-state index contributed by atoms with van der Waals surface area (Å²) in [5.74, 6) is 0.225. The molecule has 0 aliphatic rings. The summed E-state index contributed by atoms with van der Waals surface area (Å²) in [6.45, 7) is 5.90. The summed E-state index contributed by atoms with van der Waals surface area (Å²) in [6.07, 6.45) is 1.57. The highest BCUT2D eigenvalue weighted by Crippen LogP contribution is 2.26. The van der Waals surface area contributed by atoms with E-state index in [1.54, 1.807) is 6.92 Å². The van der Waals surface area contributed by atoms with Crippen LogP contribution < -0.4 is 0 Å². The summed E-state index contributed by atoms with van der Waals surface area (Å²) < 4.78 is 2.17. The number of fused-ring (bicyclic) bond motifs is 1. The molecule has 17 heavy (non-hydrogen) atoms. The van der Waals surface area contributed by atoms with Gasteiger partial charge in [-0.05, 0) is 43.5 Å². The Labute approximate surface area is 102 Å². The van der Waals surface area contributed by atoms with Crippen molar-refractivity contribution < 1.29 is 4.79 Å². The van der Waals surface area contributed by atoms with E-state index in [2.05, 4.69) is 43.7 Å². The Morgan fingerprint density at radius 2 is 2.06 bits per heavy atom. The van der Waals surface area contributed by atoms with Gasteiger partial charge in [-0.2, -0.15) is 0 Å². The van der Waals surface area contributed by atoms with Gasteiger partial charge in [-0.15, -0.1) is 0 Å². The van der Waals surface area contributed by atoms with Gasteiger partial charge in [0.1, 0.15) is 5.78 Å². The van der Waals surface area contributed by atoms with E-state index in [0.29, 0.717) is 6.42 Å². The van der Waals surface area contributed by atoms with Crippen LogP contribution in [0.5, 0.6) is 0 Å². The largest absolute Gasteiger partial charge is 0.348 e. The van der Waals surface area contributed by atoms with Crippen LogP contribution in [-0.4, -0.2) is 10.4 Å². The van der Waals surface area contributed by atoms with Crippen molar-refractivity contribution in [3.8, 4) is 0 Å². The Balaban J connectivity index is 2.71. The first-order valence-corrected chi connectivity index (χ1v) is 6.10. The van der Waals surface area contributed by atoms with Crippen LogP contribution in [0, 0.1) is 6.92 Å². The molecule has 90 valence electrons. The molecule has 1 aromatic carbocycles. The predicted octanol–water partition coefficient (Wildman–Crippen LogP) is 3.18. The number of Topliss-reactive ketones (excluding diaryl/α,β-unsaturated/α-hetero) is 1. The summed E-state index contributed by atoms with van der Waals surface area (Å²) in [5, 5.41) is 1.24. The third-order valence-electron chi connectivity index (χ3n) is 3.52. The van der Waals surface area contributed by atoms with Crippen LogP contribution in [0.1, 0.15) is 30.7 Å². The molecule has 2 heteroatoms. The normalized spacial score (nSPS) is 11.1. The highest BCUT2D eigenvalue weighted by atomic mass is 16.1. The van der Waals surface area contributed by atoms with Gasteiger partial charge in [0, 0.05) is 30.1 Å². The third kappa shape index (κ3) is 1.99. The molecule has 0 amide bonds. The van der Waals surface area contributed by atoms with Crippen molar-refractivity contribution in [1.82, 2.24) is 4.57 Å². The van der Waals surface area contributed by atoms with Crippen LogP contribution >= 0.6 is 0 Å². The minimum atomic E-state index is 0.225. The Bertz CT molecular complexity index is 578. The molecule has 1 aromatic heterocycles. The number of aromatic nitrogens is 1. The Kier molecular flexibility index (Phi) is 3.05. The fourth-order valence-corrected chi connectivity index (χ4v) is 2.39. The van der Waals surface area contributed by atoms with Gasteiger partial charge < -0.3 is 4.57 Å². The minimum Gasteiger partial charge on any atom is -0.348 e. The molecule has 0 fully saturated rings. The number of benzene rings is 1. The molecular weight excluding hydrogens is 210 g/mol. The molecule has 0 aliphatic carbocycles. The van der Waals surface area contributed by atoms with Crippen LogP contribution in [0.25, 0.3) is 10.9 Å². The van der Waals surface area contributed by atoms with Crippen LogP contribution in [0.2, 0.25) is 0 Å². The topological polar surface area (TPSA) is 22.0 Å². The summed E-state index contributed by atoms with van der Waals surface area (Å²) in [4.78, 5) is 11.4. The molecule has 2 aromatic rings. The average molecular weight is 229 g/mol. The van der Waals surface area contributed by atoms with Crippen molar-refractivity contribution in [2.75, 3.05) is 0 Å². The molecule has 0 radical (unpaired) electrons. The van der Waals surface area contributed by atoms with Crippen molar-refractivity contribution in [3.05, 3.63) is 35.0 Å². The number of carbonyl (C=O) groups excluding carboxylic acids is 1. The Morgan fingerprint density at radius 1 is 1.35 bits per heavy atom. The minimum absolute atomic E-state index is 0.225. The van der Waals surface area contributed by atoms with Crippen molar-refractivity contribution >= 4 is 16.7 Å². The quantitative estimate of drug-likeness (QED) is 0.792. The summed E-state index contributed by atoms with van der Waals surface area (Å²) in [6, 6.07) is 6.55. The lowest BCUT2D eigenvalue weighted by Crippen LogP contribution is -1.99. The molecule has 2 nitrogen and oxygen atoms in total. The lowest BCUT2D eigenvalue weighted by Gasteiger charge is -2.00. The SMILES string of the molecule is CCc1ccc2c(c1)c(CC(C)=O)c(C)n2C. The number of aryl methyl sites for hydroxylation is 2. The van der Waals surface area contributed by atoms with Crippen LogP contribution in [-0.2, 0) is 24.7 Å². The summed E-state index contributed by atoms with van der Waals surface area (Å²) >= 11 is 0. The molecule has 0 unspecified atom stereocenters. The zero-order chi connectivity index (χ0) is 12.6. The van der Waals surface area contributed by atoms with E-state index in [1.807, 2.05) is 0 Å². The van der Waals surface area contributed by atoms with Crippen molar-refractivity contribution in [2.24, 2.45) is 7.05 Å². The van der Waals surface area contributed by atoms with Gasteiger partial charge in [0.2, 0.25) is 0 Å². The first kappa shape index (κ1) is 11.9. The average Bonchev–Trinajstić information content (AvgIpc) is 2.53. The van der Waals surface area contributed by atoms with Crippen LogP contribution in [0.15, 0.2) is 18.2 Å². The monoisotopic (exact) mass is 229 g/mol. The number of ketones is 1. The van der Waals surface area contributed by atoms with E-state index >= 15 is 0 Å².